The molecule has 0 atom stereocenters. The SMILES string of the molecule is Cc1cc(S(=O)(=O)NC2CCCCC2)ccc1OCC(=O)Nc1cc(C(F)(F)F)cc(C(F)(F)F)c1. The molecule has 1 aliphatic carbocycles. The number of hydrogen-bond donors (Lipinski definition) is 2. The fourth-order valence-electron chi connectivity index (χ4n) is 3.83. The lowest BCUT2D eigenvalue weighted by molar-refractivity contribution is -0.143. The Morgan fingerprint density at radius 1 is 0.944 bits per heavy atom. The van der Waals surface area contributed by atoms with Crippen molar-refractivity contribution < 1.29 is 44.3 Å². The second-order valence-electron chi connectivity index (χ2n) is 8.51. The standard InChI is InChI=1S/C23H24F6N2O4S/c1-14-9-19(36(33,34)31-17-5-3-2-4-6-17)7-8-20(14)35-13-21(32)30-18-11-15(22(24,25)26)10-16(12-18)23(27,28)29/h7-12,17,31H,2-6,13H2,1H3,(H,30,32). The van der Waals surface area contributed by atoms with Crippen molar-refractivity contribution >= 4 is 21.6 Å². The predicted octanol–water partition coefficient (Wildman–Crippen LogP) is 5.66. The van der Waals surface area contributed by atoms with Gasteiger partial charge in [0.1, 0.15) is 5.75 Å². The molecule has 198 valence electrons. The van der Waals surface area contributed by atoms with Gasteiger partial charge in [-0.1, -0.05) is 19.3 Å². The van der Waals surface area contributed by atoms with Gasteiger partial charge >= 0.3 is 12.4 Å². The molecule has 0 unspecified atom stereocenters. The summed E-state index contributed by atoms with van der Waals surface area (Å²) in [4.78, 5) is 12.2. The summed E-state index contributed by atoms with van der Waals surface area (Å²) in [5.74, 6) is -0.876. The van der Waals surface area contributed by atoms with E-state index in [1.165, 1.54) is 25.1 Å². The Hall–Kier alpha value is -2.80. The quantitative estimate of drug-likeness (QED) is 0.446. The molecule has 2 aromatic carbocycles. The summed E-state index contributed by atoms with van der Waals surface area (Å²) >= 11 is 0. The van der Waals surface area contributed by atoms with Gasteiger partial charge in [-0.2, -0.15) is 26.3 Å². The van der Waals surface area contributed by atoms with Gasteiger partial charge in [-0.3, -0.25) is 4.79 Å². The molecule has 1 fully saturated rings. The lowest BCUT2D eigenvalue weighted by Crippen LogP contribution is -2.36. The Morgan fingerprint density at radius 2 is 1.53 bits per heavy atom. The number of amides is 1. The van der Waals surface area contributed by atoms with Crippen LogP contribution in [0.5, 0.6) is 5.75 Å². The third-order valence-corrected chi connectivity index (χ3v) is 7.13. The van der Waals surface area contributed by atoms with Crippen LogP contribution in [0.1, 0.15) is 48.8 Å². The molecule has 2 aromatic rings. The average molecular weight is 539 g/mol. The number of hydrogen-bond acceptors (Lipinski definition) is 4. The minimum absolute atomic E-state index is 0.00557. The Bertz CT molecular complexity index is 1170. The van der Waals surface area contributed by atoms with E-state index in [-0.39, 0.29) is 22.8 Å². The molecule has 0 aromatic heterocycles. The molecule has 6 nitrogen and oxygen atoms in total. The van der Waals surface area contributed by atoms with Gasteiger partial charge < -0.3 is 10.1 Å². The number of carbonyl (C=O) groups is 1. The van der Waals surface area contributed by atoms with E-state index in [0.29, 0.717) is 17.7 Å². The van der Waals surface area contributed by atoms with Crippen LogP contribution < -0.4 is 14.8 Å². The van der Waals surface area contributed by atoms with Crippen LogP contribution in [0.3, 0.4) is 0 Å². The number of anilines is 1. The molecule has 13 heteroatoms. The molecule has 0 spiro atoms. The number of benzene rings is 2. The van der Waals surface area contributed by atoms with Crippen LogP contribution >= 0.6 is 0 Å². The monoisotopic (exact) mass is 538 g/mol. The molecule has 36 heavy (non-hydrogen) atoms. The Labute approximate surface area is 204 Å². The van der Waals surface area contributed by atoms with Crippen molar-refractivity contribution in [3.63, 3.8) is 0 Å². The lowest BCUT2D eigenvalue weighted by atomic mass is 9.96. The minimum Gasteiger partial charge on any atom is -0.483 e. The van der Waals surface area contributed by atoms with Crippen LogP contribution in [0.25, 0.3) is 0 Å². The first-order valence-electron chi connectivity index (χ1n) is 11.0. The van der Waals surface area contributed by atoms with Crippen LogP contribution in [-0.4, -0.2) is 27.0 Å². The molecular formula is C23H24F6N2O4S. The number of rotatable bonds is 7. The van der Waals surface area contributed by atoms with Crippen molar-refractivity contribution in [2.24, 2.45) is 0 Å². The van der Waals surface area contributed by atoms with Gasteiger partial charge in [0.15, 0.2) is 6.61 Å². The third kappa shape index (κ3) is 7.36. The van der Waals surface area contributed by atoms with Crippen molar-refractivity contribution in [3.8, 4) is 5.75 Å². The molecule has 1 amide bonds. The van der Waals surface area contributed by atoms with Gasteiger partial charge in [-0.05, 0) is 61.7 Å². The number of aryl methyl sites for hydroxylation is 1. The van der Waals surface area contributed by atoms with E-state index in [0.717, 1.165) is 32.1 Å². The summed E-state index contributed by atoms with van der Waals surface area (Å²) in [5.41, 5.74) is -3.46. The normalized spacial score (nSPS) is 15.5. The fraction of sp³-hybridized carbons (Fsp3) is 0.435. The number of alkyl halides is 6. The molecule has 0 heterocycles. The zero-order chi connectivity index (χ0) is 26.7. The van der Waals surface area contributed by atoms with E-state index < -0.39 is 51.7 Å². The second-order valence-corrected chi connectivity index (χ2v) is 10.2. The summed E-state index contributed by atoms with van der Waals surface area (Å²) in [6.45, 7) is 0.806. The van der Waals surface area contributed by atoms with E-state index in [1.54, 1.807) is 0 Å². The van der Waals surface area contributed by atoms with Gasteiger partial charge in [0.05, 0.1) is 16.0 Å². The highest BCUT2D eigenvalue weighted by Crippen LogP contribution is 2.37. The van der Waals surface area contributed by atoms with Gasteiger partial charge in [0, 0.05) is 11.7 Å². The maximum atomic E-state index is 13.0. The molecular weight excluding hydrogens is 514 g/mol. The van der Waals surface area contributed by atoms with E-state index in [1.807, 2.05) is 5.32 Å². The number of sulfonamides is 1. The molecule has 1 aliphatic rings. The Kier molecular flexibility index (Phi) is 8.23. The zero-order valence-corrected chi connectivity index (χ0v) is 19.9. The molecule has 0 saturated heterocycles. The highest BCUT2D eigenvalue weighted by atomic mass is 32.2. The van der Waals surface area contributed by atoms with Gasteiger partial charge in [-0.15, -0.1) is 0 Å². The maximum absolute atomic E-state index is 13.0. The maximum Gasteiger partial charge on any atom is 0.416 e. The van der Waals surface area contributed by atoms with Crippen LogP contribution in [0, 0.1) is 6.92 Å². The third-order valence-electron chi connectivity index (χ3n) is 5.61. The number of carbonyl (C=O) groups excluding carboxylic acids is 1. The average Bonchev–Trinajstić information content (AvgIpc) is 2.77. The van der Waals surface area contributed by atoms with Gasteiger partial charge in [-0.25, -0.2) is 13.1 Å². The van der Waals surface area contributed by atoms with Crippen molar-refractivity contribution in [3.05, 3.63) is 53.1 Å². The van der Waals surface area contributed by atoms with Crippen molar-refractivity contribution in [1.82, 2.24) is 4.72 Å². The topological polar surface area (TPSA) is 84.5 Å². The first-order valence-corrected chi connectivity index (χ1v) is 12.5. The van der Waals surface area contributed by atoms with E-state index in [4.69, 9.17) is 4.74 Å². The van der Waals surface area contributed by atoms with Crippen LogP contribution in [0.15, 0.2) is 41.3 Å². The number of nitrogens with one attached hydrogen (secondary N) is 2. The highest BCUT2D eigenvalue weighted by Gasteiger charge is 2.37. The van der Waals surface area contributed by atoms with Gasteiger partial charge in [0.2, 0.25) is 10.0 Å². The van der Waals surface area contributed by atoms with E-state index in [2.05, 4.69) is 4.72 Å². The zero-order valence-electron chi connectivity index (χ0n) is 19.1. The summed E-state index contributed by atoms with van der Waals surface area (Å²) in [6.07, 6.45) is -5.65. The lowest BCUT2D eigenvalue weighted by Gasteiger charge is -2.22. The highest BCUT2D eigenvalue weighted by molar-refractivity contribution is 7.89. The summed E-state index contributed by atoms with van der Waals surface area (Å²) in [7, 11) is -3.77. The number of halogens is 6. The Balaban J connectivity index is 1.67. The van der Waals surface area contributed by atoms with Crippen molar-refractivity contribution in [1.29, 1.82) is 0 Å². The fourth-order valence-corrected chi connectivity index (χ4v) is 5.22. The van der Waals surface area contributed by atoms with E-state index in [9.17, 15) is 39.6 Å². The first-order chi connectivity index (χ1) is 16.6. The smallest absolute Gasteiger partial charge is 0.416 e. The number of ether oxygens (including phenoxy) is 1. The van der Waals surface area contributed by atoms with Crippen molar-refractivity contribution in [2.75, 3.05) is 11.9 Å². The van der Waals surface area contributed by atoms with Crippen molar-refractivity contribution in [2.45, 2.75) is 62.3 Å². The van der Waals surface area contributed by atoms with Crippen LogP contribution in [0.2, 0.25) is 0 Å². The van der Waals surface area contributed by atoms with Crippen LogP contribution in [0.4, 0.5) is 32.0 Å². The van der Waals surface area contributed by atoms with E-state index >= 15 is 0 Å². The molecule has 0 bridgehead atoms. The van der Waals surface area contributed by atoms with Gasteiger partial charge in [0.25, 0.3) is 5.91 Å². The predicted molar refractivity (Wildman–Crippen MR) is 119 cm³/mol. The summed E-state index contributed by atoms with van der Waals surface area (Å²) in [6, 6.07) is 4.54. The Morgan fingerprint density at radius 3 is 2.06 bits per heavy atom. The molecule has 1 saturated carbocycles. The molecule has 0 aliphatic heterocycles. The summed E-state index contributed by atoms with van der Waals surface area (Å²) in [5, 5.41) is 1.97. The van der Waals surface area contributed by atoms with Crippen LogP contribution in [-0.2, 0) is 27.2 Å². The second kappa shape index (κ2) is 10.7. The summed E-state index contributed by atoms with van der Waals surface area (Å²) < 4.78 is 111. The molecule has 3 rings (SSSR count). The first kappa shape index (κ1) is 27.8. The minimum atomic E-state index is -5.05. The molecule has 2 N–H and O–H groups in total. The molecule has 0 radical (unpaired) electrons. The largest absolute Gasteiger partial charge is 0.483 e.